The van der Waals surface area contributed by atoms with Crippen LogP contribution in [0.3, 0.4) is 0 Å². The van der Waals surface area contributed by atoms with Gasteiger partial charge in [-0.1, -0.05) is 6.92 Å². The van der Waals surface area contributed by atoms with Crippen molar-refractivity contribution in [3.8, 4) is 0 Å². The Kier molecular flexibility index (Phi) is 3.01. The maximum absolute atomic E-state index is 11.7. The monoisotopic (exact) mass is 210 g/mol. The lowest BCUT2D eigenvalue weighted by molar-refractivity contribution is -0.122. The van der Waals surface area contributed by atoms with Gasteiger partial charge < -0.3 is 10.2 Å². The predicted octanol–water partition coefficient (Wildman–Crippen LogP) is 1.10. The molecule has 0 aliphatic heterocycles. The first kappa shape index (κ1) is 10.9. The summed E-state index contributed by atoms with van der Waals surface area (Å²) < 4.78 is 0. The van der Waals surface area contributed by atoms with E-state index in [2.05, 4.69) is 31.2 Å². The molecule has 1 amide bonds. The van der Waals surface area contributed by atoms with Gasteiger partial charge >= 0.3 is 0 Å². The van der Waals surface area contributed by atoms with E-state index in [0.29, 0.717) is 17.9 Å². The van der Waals surface area contributed by atoms with Gasteiger partial charge in [-0.25, -0.2) is 0 Å². The van der Waals surface area contributed by atoms with Crippen molar-refractivity contribution < 1.29 is 4.79 Å². The summed E-state index contributed by atoms with van der Waals surface area (Å²) in [5, 5.41) is 3.10. The molecule has 2 aliphatic rings. The summed E-state index contributed by atoms with van der Waals surface area (Å²) in [6.45, 7) is 2.98. The minimum atomic E-state index is 0.273. The molecule has 0 unspecified atom stereocenters. The molecule has 0 aromatic heterocycles. The fourth-order valence-corrected chi connectivity index (χ4v) is 2.28. The molecule has 2 rings (SSSR count). The predicted molar refractivity (Wildman–Crippen MR) is 60.5 cm³/mol. The van der Waals surface area contributed by atoms with Crippen LogP contribution in [0.5, 0.6) is 0 Å². The summed E-state index contributed by atoms with van der Waals surface area (Å²) >= 11 is 0. The molecule has 0 aromatic rings. The maximum Gasteiger partial charge on any atom is 0.223 e. The second-order valence-electron chi connectivity index (χ2n) is 5.43. The Morgan fingerprint density at radius 1 is 1.47 bits per heavy atom. The van der Waals surface area contributed by atoms with Crippen molar-refractivity contribution in [3.63, 3.8) is 0 Å². The number of nitrogens with one attached hydrogen (secondary N) is 1. The second-order valence-corrected chi connectivity index (χ2v) is 5.43. The molecule has 0 spiro atoms. The zero-order valence-electron chi connectivity index (χ0n) is 9.99. The second kappa shape index (κ2) is 4.12. The number of rotatable bonds is 5. The van der Waals surface area contributed by atoms with Gasteiger partial charge in [0.2, 0.25) is 5.91 Å². The van der Waals surface area contributed by atoms with E-state index in [-0.39, 0.29) is 5.91 Å². The van der Waals surface area contributed by atoms with Gasteiger partial charge in [0.25, 0.3) is 0 Å². The van der Waals surface area contributed by atoms with Gasteiger partial charge in [0.1, 0.15) is 0 Å². The molecular formula is C12H22N2O. The Labute approximate surface area is 92.2 Å². The van der Waals surface area contributed by atoms with E-state index in [9.17, 15) is 4.79 Å². The molecule has 2 aliphatic carbocycles. The molecule has 0 bridgehead atoms. The normalized spacial score (nSPS) is 31.5. The van der Waals surface area contributed by atoms with Crippen LogP contribution < -0.4 is 5.32 Å². The van der Waals surface area contributed by atoms with Crippen LogP contribution in [0.25, 0.3) is 0 Å². The zero-order chi connectivity index (χ0) is 11.0. The smallest absolute Gasteiger partial charge is 0.223 e. The van der Waals surface area contributed by atoms with Gasteiger partial charge in [0.15, 0.2) is 0 Å². The third kappa shape index (κ3) is 2.71. The topological polar surface area (TPSA) is 32.3 Å². The molecule has 0 heterocycles. The quantitative estimate of drug-likeness (QED) is 0.737. The highest BCUT2D eigenvalue weighted by Crippen LogP contribution is 2.38. The highest BCUT2D eigenvalue weighted by atomic mass is 16.2. The number of likely N-dealkylation sites (N-methyl/N-ethyl adjacent to an activating group) is 1. The Morgan fingerprint density at radius 3 is 2.47 bits per heavy atom. The zero-order valence-corrected chi connectivity index (χ0v) is 9.99. The largest absolute Gasteiger partial charge is 0.354 e. The van der Waals surface area contributed by atoms with Gasteiger partial charge in [-0.15, -0.1) is 0 Å². The molecule has 0 aromatic carbocycles. The van der Waals surface area contributed by atoms with E-state index in [4.69, 9.17) is 0 Å². The standard InChI is InChI=1S/C12H22N2O/c1-8-6-10(8)12(15)13-7-11(14(2)3)9-4-5-9/h8-11H,4-7H2,1-3H3,(H,13,15)/t8-,10-,11-/m1/s1. The third-order valence-corrected chi connectivity index (χ3v) is 3.76. The average molecular weight is 210 g/mol. The van der Waals surface area contributed by atoms with E-state index in [0.717, 1.165) is 18.9 Å². The van der Waals surface area contributed by atoms with E-state index in [1.54, 1.807) is 0 Å². The molecule has 0 saturated heterocycles. The summed E-state index contributed by atoms with van der Waals surface area (Å²) in [6, 6.07) is 0.544. The Balaban J connectivity index is 1.73. The highest BCUT2D eigenvalue weighted by molar-refractivity contribution is 5.81. The summed E-state index contributed by atoms with van der Waals surface area (Å²) in [4.78, 5) is 13.9. The molecular weight excluding hydrogens is 188 g/mol. The van der Waals surface area contributed by atoms with Crippen LogP contribution in [-0.2, 0) is 4.79 Å². The number of carbonyl (C=O) groups excluding carboxylic acids is 1. The van der Waals surface area contributed by atoms with Gasteiger partial charge in [0, 0.05) is 18.5 Å². The average Bonchev–Trinajstić information content (AvgIpc) is 3.00. The summed E-state index contributed by atoms with van der Waals surface area (Å²) in [5.74, 6) is 2.02. The van der Waals surface area contributed by atoms with Crippen molar-refractivity contribution in [1.29, 1.82) is 0 Å². The Bertz CT molecular complexity index is 246. The Hall–Kier alpha value is -0.570. The van der Waals surface area contributed by atoms with Crippen LogP contribution in [0.2, 0.25) is 0 Å². The third-order valence-electron chi connectivity index (χ3n) is 3.76. The summed E-state index contributed by atoms with van der Waals surface area (Å²) in [7, 11) is 4.21. The molecule has 15 heavy (non-hydrogen) atoms. The fourth-order valence-electron chi connectivity index (χ4n) is 2.28. The first-order valence-electron chi connectivity index (χ1n) is 6.03. The lowest BCUT2D eigenvalue weighted by Crippen LogP contribution is -2.42. The van der Waals surface area contributed by atoms with E-state index < -0.39 is 0 Å². The van der Waals surface area contributed by atoms with Crippen LogP contribution in [0, 0.1) is 17.8 Å². The van der Waals surface area contributed by atoms with E-state index in [1.165, 1.54) is 12.8 Å². The van der Waals surface area contributed by atoms with Crippen molar-refractivity contribution in [2.45, 2.75) is 32.2 Å². The van der Waals surface area contributed by atoms with Crippen LogP contribution >= 0.6 is 0 Å². The maximum atomic E-state index is 11.7. The molecule has 2 fully saturated rings. The van der Waals surface area contributed by atoms with Crippen LogP contribution in [0.4, 0.5) is 0 Å². The molecule has 86 valence electrons. The molecule has 3 atom stereocenters. The van der Waals surface area contributed by atoms with Gasteiger partial charge in [-0.2, -0.15) is 0 Å². The molecule has 2 saturated carbocycles. The number of amides is 1. The number of nitrogens with zero attached hydrogens (tertiary/aromatic N) is 1. The summed E-state index contributed by atoms with van der Waals surface area (Å²) in [6.07, 6.45) is 3.75. The molecule has 3 nitrogen and oxygen atoms in total. The van der Waals surface area contributed by atoms with Gasteiger partial charge in [0.05, 0.1) is 0 Å². The highest BCUT2D eigenvalue weighted by Gasteiger charge is 2.40. The molecule has 1 N–H and O–H groups in total. The molecule has 3 heteroatoms. The van der Waals surface area contributed by atoms with Crippen LogP contribution in [-0.4, -0.2) is 37.5 Å². The Morgan fingerprint density at radius 2 is 2.07 bits per heavy atom. The van der Waals surface area contributed by atoms with E-state index >= 15 is 0 Å². The van der Waals surface area contributed by atoms with Gasteiger partial charge in [-0.05, 0) is 45.2 Å². The van der Waals surface area contributed by atoms with E-state index in [1.807, 2.05) is 0 Å². The van der Waals surface area contributed by atoms with Crippen molar-refractivity contribution >= 4 is 5.91 Å². The lowest BCUT2D eigenvalue weighted by Gasteiger charge is -2.24. The first-order valence-corrected chi connectivity index (χ1v) is 6.03. The first-order chi connectivity index (χ1) is 7.09. The van der Waals surface area contributed by atoms with Crippen molar-refractivity contribution in [2.24, 2.45) is 17.8 Å². The van der Waals surface area contributed by atoms with Crippen LogP contribution in [0.15, 0.2) is 0 Å². The SMILES string of the molecule is C[C@@H]1C[C@H]1C(=O)NC[C@H](C1CC1)N(C)C. The minimum Gasteiger partial charge on any atom is -0.354 e. The number of hydrogen-bond acceptors (Lipinski definition) is 2. The number of carbonyl (C=O) groups is 1. The summed E-state index contributed by atoms with van der Waals surface area (Å²) in [5.41, 5.74) is 0. The van der Waals surface area contributed by atoms with Crippen molar-refractivity contribution in [1.82, 2.24) is 10.2 Å². The number of hydrogen-bond donors (Lipinski definition) is 1. The van der Waals surface area contributed by atoms with Gasteiger partial charge in [-0.3, -0.25) is 4.79 Å². The molecule has 0 radical (unpaired) electrons. The fraction of sp³-hybridized carbons (Fsp3) is 0.917. The lowest BCUT2D eigenvalue weighted by atomic mass is 10.1. The van der Waals surface area contributed by atoms with Crippen molar-refractivity contribution in [2.75, 3.05) is 20.6 Å². The minimum absolute atomic E-state index is 0.273. The van der Waals surface area contributed by atoms with Crippen molar-refractivity contribution in [3.05, 3.63) is 0 Å². The van der Waals surface area contributed by atoms with Crippen LogP contribution in [0.1, 0.15) is 26.2 Å².